The number of aliphatic hydroxyl groups excluding tert-OH is 2. The fourth-order valence-corrected chi connectivity index (χ4v) is 6.49. The molecule has 6 rings (SSSR count). The van der Waals surface area contributed by atoms with Gasteiger partial charge in [-0.3, -0.25) is 19.3 Å². The van der Waals surface area contributed by atoms with Gasteiger partial charge in [-0.25, -0.2) is 4.98 Å². The first-order chi connectivity index (χ1) is 20.8. The number of rotatable bonds is 4. The zero-order valence-electron chi connectivity index (χ0n) is 24.0. The first kappa shape index (κ1) is 29.5. The number of aromatic nitrogens is 2. The summed E-state index contributed by atoms with van der Waals surface area (Å²) >= 11 is 0. The van der Waals surface area contributed by atoms with Crippen molar-refractivity contribution < 1.29 is 38.8 Å². The molecule has 0 saturated carbocycles. The van der Waals surface area contributed by atoms with Crippen LogP contribution in [-0.2, 0) is 25.6 Å². The summed E-state index contributed by atoms with van der Waals surface area (Å²) in [6, 6.07) is 5.89. The summed E-state index contributed by atoms with van der Waals surface area (Å²) in [6.07, 6.45) is -1.35. The van der Waals surface area contributed by atoms with E-state index in [4.69, 9.17) is 14.2 Å². The Morgan fingerprint density at radius 1 is 1.09 bits per heavy atom. The van der Waals surface area contributed by atoms with Gasteiger partial charge in [-0.05, 0) is 30.7 Å². The highest BCUT2D eigenvalue weighted by Crippen LogP contribution is 2.28. The number of carbonyl (C=O) groups excluding carboxylic acids is 3. The summed E-state index contributed by atoms with van der Waals surface area (Å²) in [4.78, 5) is 53.5. The van der Waals surface area contributed by atoms with Gasteiger partial charge in [0, 0.05) is 56.7 Å². The van der Waals surface area contributed by atoms with Crippen LogP contribution in [0.15, 0.2) is 36.7 Å². The summed E-state index contributed by atoms with van der Waals surface area (Å²) in [5.74, 6) is 0.572. The summed E-state index contributed by atoms with van der Waals surface area (Å²) in [5, 5.41) is 24.7. The zero-order chi connectivity index (χ0) is 30.1. The highest BCUT2D eigenvalue weighted by atomic mass is 16.5. The van der Waals surface area contributed by atoms with Gasteiger partial charge < -0.3 is 44.5 Å². The predicted octanol–water partition coefficient (Wildman–Crippen LogP) is -1.26. The number of imidazole rings is 1. The minimum atomic E-state index is -1.31. The molecule has 14 heteroatoms. The Bertz CT molecular complexity index is 1290. The summed E-state index contributed by atoms with van der Waals surface area (Å²) < 4.78 is 17.3. The van der Waals surface area contributed by atoms with Crippen molar-refractivity contribution in [2.75, 3.05) is 46.4 Å². The Kier molecular flexibility index (Phi) is 8.63. The number of morpholine rings is 1. The molecule has 1 aromatic heterocycles. The number of carbonyl (C=O) groups is 3. The van der Waals surface area contributed by atoms with E-state index in [1.165, 1.54) is 4.90 Å². The maximum atomic E-state index is 13.9. The van der Waals surface area contributed by atoms with Crippen LogP contribution in [0.3, 0.4) is 0 Å². The van der Waals surface area contributed by atoms with Crippen molar-refractivity contribution in [1.29, 1.82) is 0 Å². The third kappa shape index (κ3) is 6.38. The SMILES string of the molecule is COc1ccc(C(=O)N2C[C@@H]3CN(CCO3)C(=O)[C@@H]3C[C@@H](CN3Cc3ncc[nH]3)NC(=O)C[C@@H]3O[C@H](C2)[C@@H](O)[C@H]3O)cc1. The monoisotopic (exact) mass is 598 g/mol. The normalized spacial score (nSPS) is 32.1. The van der Waals surface area contributed by atoms with Crippen LogP contribution >= 0.6 is 0 Å². The molecule has 3 amide bonds. The van der Waals surface area contributed by atoms with Gasteiger partial charge >= 0.3 is 0 Å². The summed E-state index contributed by atoms with van der Waals surface area (Å²) in [7, 11) is 1.54. The molecule has 43 heavy (non-hydrogen) atoms. The number of hydrogen-bond acceptors (Lipinski definition) is 10. The highest BCUT2D eigenvalue weighted by Gasteiger charge is 2.46. The molecule has 5 heterocycles. The van der Waals surface area contributed by atoms with Crippen LogP contribution in [0.5, 0.6) is 5.75 Å². The zero-order valence-corrected chi connectivity index (χ0v) is 24.0. The second-order valence-corrected chi connectivity index (χ2v) is 11.6. The molecule has 4 aliphatic heterocycles. The van der Waals surface area contributed by atoms with E-state index in [1.54, 1.807) is 48.7 Å². The number of ether oxygens (including phenoxy) is 3. The van der Waals surface area contributed by atoms with E-state index in [9.17, 15) is 24.6 Å². The first-order valence-electron chi connectivity index (χ1n) is 14.7. The van der Waals surface area contributed by atoms with Crippen molar-refractivity contribution in [2.24, 2.45) is 0 Å². The van der Waals surface area contributed by atoms with Gasteiger partial charge in [0.05, 0.1) is 44.9 Å². The van der Waals surface area contributed by atoms with Crippen molar-refractivity contribution in [3.63, 3.8) is 0 Å². The van der Waals surface area contributed by atoms with Crippen molar-refractivity contribution in [3.8, 4) is 5.75 Å². The molecule has 0 spiro atoms. The lowest BCUT2D eigenvalue weighted by atomic mass is 10.0. The van der Waals surface area contributed by atoms with E-state index >= 15 is 0 Å². The van der Waals surface area contributed by atoms with Gasteiger partial charge in [-0.15, -0.1) is 0 Å². The van der Waals surface area contributed by atoms with E-state index in [-0.39, 0.29) is 49.8 Å². The number of likely N-dealkylation sites (tertiary alicyclic amines) is 1. The van der Waals surface area contributed by atoms with Gasteiger partial charge in [0.2, 0.25) is 11.8 Å². The number of fused-ring (bicyclic) bond motifs is 6. The van der Waals surface area contributed by atoms with E-state index in [2.05, 4.69) is 15.3 Å². The Labute approximate surface area is 248 Å². The number of nitrogens with zero attached hydrogens (tertiary/aromatic N) is 4. The minimum Gasteiger partial charge on any atom is -0.497 e. The smallest absolute Gasteiger partial charge is 0.254 e. The number of nitrogens with one attached hydrogen (secondary N) is 2. The van der Waals surface area contributed by atoms with Crippen LogP contribution in [-0.4, -0.2) is 142 Å². The molecule has 0 unspecified atom stereocenters. The molecular weight excluding hydrogens is 560 g/mol. The van der Waals surface area contributed by atoms with Crippen LogP contribution in [0.1, 0.15) is 29.0 Å². The molecule has 4 fully saturated rings. The fraction of sp³-hybridized carbons (Fsp3) is 0.586. The molecule has 232 valence electrons. The molecule has 4 aliphatic rings. The summed E-state index contributed by atoms with van der Waals surface area (Å²) in [5.41, 5.74) is 0.397. The Balaban J connectivity index is 1.28. The van der Waals surface area contributed by atoms with Gasteiger partial charge in [0.15, 0.2) is 0 Å². The Morgan fingerprint density at radius 2 is 1.88 bits per heavy atom. The molecule has 6 bridgehead atoms. The molecule has 1 aromatic carbocycles. The Hall–Kier alpha value is -3.56. The van der Waals surface area contributed by atoms with E-state index < -0.39 is 36.6 Å². The van der Waals surface area contributed by atoms with Gasteiger partial charge in [-0.2, -0.15) is 0 Å². The number of amides is 3. The lowest BCUT2D eigenvalue weighted by Crippen LogP contribution is -2.55. The second-order valence-electron chi connectivity index (χ2n) is 11.6. The van der Waals surface area contributed by atoms with Crippen LogP contribution in [0.4, 0.5) is 0 Å². The van der Waals surface area contributed by atoms with E-state index in [1.807, 2.05) is 4.90 Å². The number of hydrogen-bond donors (Lipinski definition) is 4. The third-order valence-electron chi connectivity index (χ3n) is 8.71. The average molecular weight is 599 g/mol. The molecule has 2 aromatic rings. The maximum Gasteiger partial charge on any atom is 0.254 e. The number of methoxy groups -OCH3 is 1. The fourth-order valence-electron chi connectivity index (χ4n) is 6.49. The van der Waals surface area contributed by atoms with E-state index in [0.29, 0.717) is 49.8 Å². The topological polar surface area (TPSA) is 170 Å². The number of aliphatic hydroxyl groups is 2. The molecule has 4 saturated heterocycles. The average Bonchev–Trinajstić information content (AvgIpc) is 3.73. The number of H-pyrrole nitrogens is 1. The lowest BCUT2D eigenvalue weighted by molar-refractivity contribution is -0.144. The Morgan fingerprint density at radius 3 is 2.63 bits per heavy atom. The second kappa shape index (κ2) is 12.6. The predicted molar refractivity (Wildman–Crippen MR) is 150 cm³/mol. The van der Waals surface area contributed by atoms with Crippen molar-refractivity contribution in [1.82, 2.24) is 30.0 Å². The van der Waals surface area contributed by atoms with Gasteiger partial charge in [0.25, 0.3) is 5.91 Å². The molecule has 4 N–H and O–H groups in total. The molecule has 0 aliphatic carbocycles. The van der Waals surface area contributed by atoms with Crippen molar-refractivity contribution in [3.05, 3.63) is 48.0 Å². The standard InChI is InChI=1S/C29H38N6O8/c1-41-19-4-2-17(3-5-19)28(39)35-14-20-13-33(8-9-42-20)29(40)21-10-18(12-34(21)16-24-30-6-7-31-24)32-25(36)11-22-26(37)27(38)23(15-35)43-22/h2-7,18,20-23,26-27,37-38H,8-16H2,1H3,(H,30,31)(H,32,36)/t18-,20-,21-,22-,23+,26-,27+/m0/s1. The van der Waals surface area contributed by atoms with Crippen LogP contribution in [0.25, 0.3) is 0 Å². The number of benzene rings is 1. The quantitative estimate of drug-likeness (QED) is 0.333. The third-order valence-corrected chi connectivity index (χ3v) is 8.71. The molecular formula is C29H38N6O8. The van der Waals surface area contributed by atoms with Crippen molar-refractivity contribution >= 4 is 17.7 Å². The largest absolute Gasteiger partial charge is 0.497 e. The van der Waals surface area contributed by atoms with Crippen LogP contribution < -0.4 is 10.1 Å². The maximum absolute atomic E-state index is 13.9. The summed E-state index contributed by atoms with van der Waals surface area (Å²) in [6.45, 7) is 1.92. The number of aromatic amines is 1. The van der Waals surface area contributed by atoms with Gasteiger partial charge in [-0.1, -0.05) is 0 Å². The van der Waals surface area contributed by atoms with Gasteiger partial charge in [0.1, 0.15) is 29.9 Å². The van der Waals surface area contributed by atoms with Crippen molar-refractivity contribution in [2.45, 2.75) is 62.0 Å². The minimum absolute atomic E-state index is 0.0445. The lowest BCUT2D eigenvalue weighted by Gasteiger charge is -2.38. The highest BCUT2D eigenvalue weighted by molar-refractivity contribution is 5.94. The van der Waals surface area contributed by atoms with E-state index in [0.717, 1.165) is 0 Å². The molecule has 7 atom stereocenters. The first-order valence-corrected chi connectivity index (χ1v) is 14.7. The molecule has 0 radical (unpaired) electrons. The van der Waals surface area contributed by atoms with Crippen LogP contribution in [0, 0.1) is 0 Å². The van der Waals surface area contributed by atoms with Crippen LogP contribution in [0.2, 0.25) is 0 Å². The molecule has 14 nitrogen and oxygen atoms in total.